The fourth-order valence-electron chi connectivity index (χ4n) is 4.20. The van der Waals surface area contributed by atoms with E-state index in [2.05, 4.69) is 47.5 Å². The van der Waals surface area contributed by atoms with Gasteiger partial charge in [0.05, 0.1) is 0 Å². The van der Waals surface area contributed by atoms with Crippen LogP contribution >= 0.6 is 0 Å². The normalized spacial score (nSPS) is 30.8. The lowest BCUT2D eigenvalue weighted by molar-refractivity contribution is 0.114. The van der Waals surface area contributed by atoms with Crippen molar-refractivity contribution in [3.8, 4) is 0 Å². The molecule has 2 fully saturated rings. The van der Waals surface area contributed by atoms with Gasteiger partial charge in [-0.3, -0.25) is 4.90 Å². The van der Waals surface area contributed by atoms with Crippen LogP contribution in [0.1, 0.15) is 50.5 Å². The van der Waals surface area contributed by atoms with E-state index in [1.165, 1.54) is 51.7 Å². The third-order valence-corrected chi connectivity index (χ3v) is 5.31. The maximum absolute atomic E-state index is 3.52. The van der Waals surface area contributed by atoms with Crippen LogP contribution in [0.4, 0.5) is 0 Å². The molecule has 1 aromatic rings. The van der Waals surface area contributed by atoms with Crippen LogP contribution in [0.5, 0.6) is 0 Å². The Morgan fingerprint density at radius 1 is 1.00 bits per heavy atom. The zero-order valence-corrected chi connectivity index (χ0v) is 12.7. The Labute approximate surface area is 123 Å². The van der Waals surface area contributed by atoms with Crippen LogP contribution in [0, 0.1) is 0 Å². The van der Waals surface area contributed by atoms with Gasteiger partial charge in [0.1, 0.15) is 0 Å². The van der Waals surface area contributed by atoms with E-state index < -0.39 is 0 Å². The standard InChI is InChI=1S/C18H28N2/c1-2-20(18-12-13-19-14-18)17-10-8-16(9-11-17)15-6-4-3-5-7-15/h3-7,16-19H,2,8-14H2,1H3. The van der Waals surface area contributed by atoms with E-state index in [4.69, 9.17) is 0 Å². The molecular weight excluding hydrogens is 244 g/mol. The van der Waals surface area contributed by atoms with E-state index in [9.17, 15) is 0 Å². The van der Waals surface area contributed by atoms with Gasteiger partial charge in [0.25, 0.3) is 0 Å². The summed E-state index contributed by atoms with van der Waals surface area (Å²) in [6.07, 6.45) is 6.83. The van der Waals surface area contributed by atoms with Crippen LogP contribution < -0.4 is 5.32 Å². The molecule has 0 bridgehead atoms. The minimum absolute atomic E-state index is 0.790. The lowest BCUT2D eigenvalue weighted by atomic mass is 9.81. The highest BCUT2D eigenvalue weighted by molar-refractivity contribution is 5.20. The third-order valence-electron chi connectivity index (χ3n) is 5.31. The molecule has 1 aliphatic carbocycles. The fraction of sp³-hybridized carbons (Fsp3) is 0.667. The highest BCUT2D eigenvalue weighted by Gasteiger charge is 2.30. The molecule has 1 N–H and O–H groups in total. The molecule has 20 heavy (non-hydrogen) atoms. The van der Waals surface area contributed by atoms with Crippen molar-refractivity contribution >= 4 is 0 Å². The molecule has 1 saturated heterocycles. The molecular formula is C18H28N2. The first-order chi connectivity index (χ1) is 9.88. The van der Waals surface area contributed by atoms with Crippen LogP contribution in [0.2, 0.25) is 0 Å². The van der Waals surface area contributed by atoms with Crippen LogP contribution in [-0.2, 0) is 0 Å². The molecule has 2 aliphatic rings. The van der Waals surface area contributed by atoms with Crippen molar-refractivity contribution in [2.45, 2.75) is 57.0 Å². The molecule has 0 amide bonds. The summed E-state index contributed by atoms with van der Waals surface area (Å²) >= 11 is 0. The van der Waals surface area contributed by atoms with Crippen molar-refractivity contribution in [2.75, 3.05) is 19.6 Å². The number of hydrogen-bond donors (Lipinski definition) is 1. The average Bonchev–Trinajstić information content (AvgIpc) is 3.04. The van der Waals surface area contributed by atoms with Crippen LogP contribution in [0.3, 0.4) is 0 Å². The summed E-state index contributed by atoms with van der Waals surface area (Å²) in [6.45, 7) is 5.96. The molecule has 2 heteroatoms. The van der Waals surface area contributed by atoms with Gasteiger partial charge in [-0.15, -0.1) is 0 Å². The van der Waals surface area contributed by atoms with Gasteiger partial charge < -0.3 is 5.32 Å². The highest BCUT2D eigenvalue weighted by atomic mass is 15.2. The van der Waals surface area contributed by atoms with Gasteiger partial charge in [-0.1, -0.05) is 37.3 Å². The Hall–Kier alpha value is -0.860. The minimum atomic E-state index is 0.790. The summed E-state index contributed by atoms with van der Waals surface area (Å²) in [4.78, 5) is 2.78. The molecule has 2 nitrogen and oxygen atoms in total. The topological polar surface area (TPSA) is 15.3 Å². The summed E-state index contributed by atoms with van der Waals surface area (Å²) < 4.78 is 0. The van der Waals surface area contributed by atoms with Gasteiger partial charge >= 0.3 is 0 Å². The van der Waals surface area contributed by atoms with E-state index in [-0.39, 0.29) is 0 Å². The van der Waals surface area contributed by atoms with Gasteiger partial charge in [0.2, 0.25) is 0 Å². The van der Waals surface area contributed by atoms with E-state index in [0.717, 1.165) is 18.0 Å². The SMILES string of the molecule is CCN(C1CCC(c2ccccc2)CC1)C1CCNC1. The van der Waals surface area contributed by atoms with E-state index >= 15 is 0 Å². The number of rotatable bonds is 4. The lowest BCUT2D eigenvalue weighted by Gasteiger charge is -2.39. The molecule has 3 rings (SSSR count). The monoisotopic (exact) mass is 272 g/mol. The summed E-state index contributed by atoms with van der Waals surface area (Å²) in [6, 6.07) is 12.7. The second-order valence-electron chi connectivity index (χ2n) is 6.39. The zero-order chi connectivity index (χ0) is 13.8. The van der Waals surface area contributed by atoms with Crippen LogP contribution in [0.15, 0.2) is 30.3 Å². The molecule has 0 spiro atoms. The number of nitrogens with one attached hydrogen (secondary N) is 1. The Kier molecular flexibility index (Phi) is 4.74. The molecule has 1 atom stereocenters. The largest absolute Gasteiger partial charge is 0.315 e. The first-order valence-corrected chi connectivity index (χ1v) is 8.40. The lowest BCUT2D eigenvalue weighted by Crippen LogP contribution is -2.45. The Balaban J connectivity index is 1.57. The molecule has 1 aromatic carbocycles. The van der Waals surface area contributed by atoms with Crippen molar-refractivity contribution in [2.24, 2.45) is 0 Å². The van der Waals surface area contributed by atoms with Gasteiger partial charge in [0, 0.05) is 18.6 Å². The van der Waals surface area contributed by atoms with Crippen molar-refractivity contribution in [1.82, 2.24) is 10.2 Å². The van der Waals surface area contributed by atoms with Gasteiger partial charge in [-0.05, 0) is 56.7 Å². The number of benzene rings is 1. The third kappa shape index (κ3) is 3.07. The molecule has 0 radical (unpaired) electrons. The Morgan fingerprint density at radius 3 is 2.35 bits per heavy atom. The summed E-state index contributed by atoms with van der Waals surface area (Å²) in [5.74, 6) is 0.799. The summed E-state index contributed by atoms with van der Waals surface area (Å²) in [5.41, 5.74) is 1.55. The zero-order valence-electron chi connectivity index (χ0n) is 12.7. The Morgan fingerprint density at radius 2 is 1.75 bits per heavy atom. The maximum atomic E-state index is 3.52. The number of hydrogen-bond acceptors (Lipinski definition) is 2. The van der Waals surface area contributed by atoms with Gasteiger partial charge in [0.15, 0.2) is 0 Å². The summed E-state index contributed by atoms with van der Waals surface area (Å²) in [7, 11) is 0. The second-order valence-corrected chi connectivity index (χ2v) is 6.39. The quantitative estimate of drug-likeness (QED) is 0.904. The van der Waals surface area contributed by atoms with E-state index in [0.29, 0.717) is 0 Å². The predicted octanol–water partition coefficient (Wildman–Crippen LogP) is 3.40. The Bertz CT molecular complexity index is 389. The molecule has 110 valence electrons. The van der Waals surface area contributed by atoms with Crippen LogP contribution in [-0.4, -0.2) is 36.6 Å². The molecule has 1 saturated carbocycles. The van der Waals surface area contributed by atoms with E-state index in [1.807, 2.05) is 0 Å². The molecule has 1 unspecified atom stereocenters. The molecule has 1 aliphatic heterocycles. The first kappa shape index (κ1) is 14.1. The number of likely N-dealkylation sites (N-methyl/N-ethyl adjacent to an activating group) is 1. The number of nitrogens with zero attached hydrogens (tertiary/aromatic N) is 1. The maximum Gasteiger partial charge on any atom is 0.0235 e. The summed E-state index contributed by atoms with van der Waals surface area (Å²) in [5, 5.41) is 3.52. The highest BCUT2D eigenvalue weighted by Crippen LogP contribution is 2.35. The van der Waals surface area contributed by atoms with Gasteiger partial charge in [-0.25, -0.2) is 0 Å². The molecule has 1 heterocycles. The van der Waals surface area contributed by atoms with Crippen LogP contribution in [0.25, 0.3) is 0 Å². The van der Waals surface area contributed by atoms with Gasteiger partial charge in [-0.2, -0.15) is 0 Å². The van der Waals surface area contributed by atoms with Crippen molar-refractivity contribution in [3.63, 3.8) is 0 Å². The second kappa shape index (κ2) is 6.73. The first-order valence-electron chi connectivity index (χ1n) is 8.40. The smallest absolute Gasteiger partial charge is 0.0235 e. The van der Waals surface area contributed by atoms with Crippen molar-refractivity contribution in [1.29, 1.82) is 0 Å². The molecule has 0 aromatic heterocycles. The van der Waals surface area contributed by atoms with Crippen molar-refractivity contribution < 1.29 is 0 Å². The average molecular weight is 272 g/mol. The van der Waals surface area contributed by atoms with Crippen molar-refractivity contribution in [3.05, 3.63) is 35.9 Å². The minimum Gasteiger partial charge on any atom is -0.315 e. The fourth-order valence-corrected chi connectivity index (χ4v) is 4.20. The predicted molar refractivity (Wildman–Crippen MR) is 85.1 cm³/mol. The van der Waals surface area contributed by atoms with E-state index in [1.54, 1.807) is 5.56 Å².